The molecule has 1 rings (SSSR count). The molecule has 0 aliphatic carbocycles. The summed E-state index contributed by atoms with van der Waals surface area (Å²) in [7, 11) is 3.15. The number of nitrogens with zero attached hydrogens (tertiary/aromatic N) is 2. The first-order valence-corrected chi connectivity index (χ1v) is 8.16. The van der Waals surface area contributed by atoms with Crippen LogP contribution >= 0.6 is 0 Å². The van der Waals surface area contributed by atoms with Gasteiger partial charge in [-0.05, 0) is 57.5 Å². The molecule has 0 atom stereocenters. The summed E-state index contributed by atoms with van der Waals surface area (Å²) in [5.74, 6) is 0.874. The Bertz CT molecular complexity index is 589. The number of ketones is 1. The Labute approximate surface area is 156 Å². The Balaban J connectivity index is 0. The molecule has 1 N–H and O–H groups in total. The zero-order chi connectivity index (χ0) is 20.5. The van der Waals surface area contributed by atoms with E-state index in [9.17, 15) is 9.59 Å². The molecule has 0 aliphatic rings. The van der Waals surface area contributed by atoms with E-state index < -0.39 is 0 Å². The van der Waals surface area contributed by atoms with Crippen LogP contribution in [0.2, 0.25) is 0 Å². The molecule has 0 bridgehead atoms. The predicted molar refractivity (Wildman–Crippen MR) is 106 cm³/mol. The van der Waals surface area contributed by atoms with Gasteiger partial charge in [-0.25, -0.2) is 5.43 Å². The summed E-state index contributed by atoms with van der Waals surface area (Å²) in [5.41, 5.74) is 5.04. The molecule has 0 heterocycles. The second-order valence-corrected chi connectivity index (χ2v) is 5.37. The fourth-order valence-corrected chi connectivity index (χ4v) is 1.24. The van der Waals surface area contributed by atoms with Crippen LogP contribution in [0.15, 0.2) is 34.5 Å². The zero-order valence-electron chi connectivity index (χ0n) is 17.0. The lowest BCUT2D eigenvalue weighted by Crippen LogP contribution is -2.14. The van der Waals surface area contributed by atoms with Crippen LogP contribution in [0.5, 0.6) is 5.75 Å². The first-order valence-electron chi connectivity index (χ1n) is 8.16. The minimum Gasteiger partial charge on any atom is -0.497 e. The summed E-state index contributed by atoms with van der Waals surface area (Å²) in [6, 6.07) is 7.48. The molecule has 0 spiro atoms. The van der Waals surface area contributed by atoms with Crippen molar-refractivity contribution in [1.29, 1.82) is 0 Å². The minimum absolute atomic E-state index is 0.178. The van der Waals surface area contributed by atoms with Gasteiger partial charge in [-0.2, -0.15) is 5.10 Å². The third kappa shape index (κ3) is 16.2. The van der Waals surface area contributed by atoms with E-state index in [0.29, 0.717) is 6.42 Å². The first-order chi connectivity index (χ1) is 12.2. The van der Waals surface area contributed by atoms with Gasteiger partial charge in [0, 0.05) is 13.3 Å². The summed E-state index contributed by atoms with van der Waals surface area (Å²) in [6.45, 7) is 10.4. The van der Waals surface area contributed by atoms with Crippen LogP contribution in [0, 0.1) is 0 Å². The van der Waals surface area contributed by atoms with Crippen molar-refractivity contribution < 1.29 is 19.2 Å². The third-order valence-corrected chi connectivity index (χ3v) is 2.66. The highest BCUT2D eigenvalue weighted by Gasteiger charge is 1.98. The number of hydrazone groups is 1. The van der Waals surface area contributed by atoms with Crippen molar-refractivity contribution in [1.82, 2.24) is 5.43 Å². The van der Waals surface area contributed by atoms with Crippen molar-refractivity contribution in [2.45, 2.75) is 48.0 Å². The standard InChI is InChI=1S/C11H14N2O2.C4H9NO.C4H8O/c1-8(12-13-9(2)14)10-4-6-11(15-3)7-5-10;1-4(2)5-6-3;1-3-4(2)5/h4-7H,1-3H3,(H,13,14);1-3H3;3H2,1-2H3/b12-8+;;. The maximum absolute atomic E-state index is 10.6. The van der Waals surface area contributed by atoms with Crippen molar-refractivity contribution in [3.63, 3.8) is 0 Å². The van der Waals surface area contributed by atoms with Gasteiger partial charge in [0.15, 0.2) is 0 Å². The number of ether oxygens (including phenoxy) is 1. The second kappa shape index (κ2) is 15.8. The number of Topliss-reactive ketones (excluding diaryl/α,β-unsaturated/α-hetero) is 1. The van der Waals surface area contributed by atoms with Crippen LogP contribution in [-0.4, -0.2) is 37.3 Å². The Morgan fingerprint density at radius 2 is 1.50 bits per heavy atom. The highest BCUT2D eigenvalue weighted by atomic mass is 16.6. The quantitative estimate of drug-likeness (QED) is 0.638. The molecule has 1 aromatic rings. The van der Waals surface area contributed by atoms with E-state index >= 15 is 0 Å². The number of hydrogen-bond donors (Lipinski definition) is 1. The predicted octanol–water partition coefficient (Wildman–Crippen LogP) is 3.57. The fourth-order valence-electron chi connectivity index (χ4n) is 1.24. The molecule has 1 aromatic carbocycles. The van der Waals surface area contributed by atoms with Crippen molar-refractivity contribution in [3.8, 4) is 5.75 Å². The maximum Gasteiger partial charge on any atom is 0.236 e. The van der Waals surface area contributed by atoms with E-state index in [1.165, 1.54) is 14.0 Å². The summed E-state index contributed by atoms with van der Waals surface area (Å²) < 4.78 is 5.04. The van der Waals surface area contributed by atoms with E-state index in [4.69, 9.17) is 4.74 Å². The molecule has 0 unspecified atom stereocenters. The average molecular weight is 365 g/mol. The van der Waals surface area contributed by atoms with Gasteiger partial charge in [0.05, 0.1) is 18.5 Å². The highest BCUT2D eigenvalue weighted by Crippen LogP contribution is 2.11. The van der Waals surface area contributed by atoms with E-state index in [1.54, 1.807) is 14.0 Å². The number of nitrogens with one attached hydrogen (secondary N) is 1. The third-order valence-electron chi connectivity index (χ3n) is 2.66. The van der Waals surface area contributed by atoms with Gasteiger partial charge in [0.2, 0.25) is 5.91 Å². The molecule has 1 amide bonds. The van der Waals surface area contributed by atoms with E-state index in [1.807, 2.05) is 52.0 Å². The smallest absolute Gasteiger partial charge is 0.236 e. The highest BCUT2D eigenvalue weighted by molar-refractivity contribution is 5.99. The van der Waals surface area contributed by atoms with Gasteiger partial charge in [-0.1, -0.05) is 12.1 Å². The molecule has 0 fully saturated rings. The fraction of sp³-hybridized carbons (Fsp3) is 0.474. The first kappa shape index (κ1) is 25.5. The molecule has 0 aromatic heterocycles. The molecule has 0 aliphatic heterocycles. The maximum atomic E-state index is 10.6. The number of methoxy groups -OCH3 is 1. The Morgan fingerprint density at radius 3 is 1.77 bits per heavy atom. The lowest BCUT2D eigenvalue weighted by Gasteiger charge is -2.03. The Hall–Kier alpha value is -2.70. The van der Waals surface area contributed by atoms with Crippen LogP contribution in [0.1, 0.15) is 53.5 Å². The molecule has 0 saturated carbocycles. The van der Waals surface area contributed by atoms with Crippen LogP contribution in [0.25, 0.3) is 0 Å². The Morgan fingerprint density at radius 1 is 1.00 bits per heavy atom. The SMILES string of the molecule is CCC(C)=O.CON=C(C)C.COc1ccc(/C(C)=N/NC(C)=O)cc1. The molecule has 7 nitrogen and oxygen atoms in total. The monoisotopic (exact) mass is 365 g/mol. The normalized spacial score (nSPS) is 9.46. The van der Waals surface area contributed by atoms with E-state index in [-0.39, 0.29) is 11.7 Å². The number of carbonyl (C=O) groups excluding carboxylic acids is 2. The minimum atomic E-state index is -0.178. The number of amides is 1. The van der Waals surface area contributed by atoms with Gasteiger partial charge < -0.3 is 14.4 Å². The lowest BCUT2D eigenvalue weighted by molar-refractivity contribution is -0.119. The molecule has 146 valence electrons. The van der Waals surface area contributed by atoms with Gasteiger partial charge in [-0.15, -0.1) is 0 Å². The average Bonchev–Trinajstić information content (AvgIpc) is 2.60. The Kier molecular flexibility index (Phi) is 15.5. The summed E-state index contributed by atoms with van der Waals surface area (Å²) >= 11 is 0. The molecular weight excluding hydrogens is 334 g/mol. The van der Waals surface area contributed by atoms with Gasteiger partial charge in [-0.3, -0.25) is 4.79 Å². The van der Waals surface area contributed by atoms with Crippen LogP contribution in [0.3, 0.4) is 0 Å². The largest absolute Gasteiger partial charge is 0.497 e. The summed E-state index contributed by atoms with van der Waals surface area (Å²) in [4.78, 5) is 24.8. The number of oxime groups is 1. The van der Waals surface area contributed by atoms with Crippen molar-refractivity contribution in [2.75, 3.05) is 14.2 Å². The molecule has 0 radical (unpaired) electrons. The van der Waals surface area contributed by atoms with Crippen molar-refractivity contribution in [2.24, 2.45) is 10.3 Å². The number of benzene rings is 1. The zero-order valence-corrected chi connectivity index (χ0v) is 17.0. The second-order valence-electron chi connectivity index (χ2n) is 5.37. The van der Waals surface area contributed by atoms with Crippen LogP contribution in [0.4, 0.5) is 0 Å². The van der Waals surface area contributed by atoms with Crippen molar-refractivity contribution in [3.05, 3.63) is 29.8 Å². The van der Waals surface area contributed by atoms with Gasteiger partial charge >= 0.3 is 0 Å². The van der Waals surface area contributed by atoms with Gasteiger partial charge in [0.1, 0.15) is 18.6 Å². The van der Waals surface area contributed by atoms with Crippen LogP contribution < -0.4 is 10.2 Å². The summed E-state index contributed by atoms with van der Waals surface area (Å²) in [6.07, 6.45) is 0.667. The molecule has 26 heavy (non-hydrogen) atoms. The number of rotatable bonds is 5. The summed E-state index contributed by atoms with van der Waals surface area (Å²) in [5, 5.41) is 7.47. The number of carbonyl (C=O) groups is 2. The van der Waals surface area contributed by atoms with Gasteiger partial charge in [0.25, 0.3) is 0 Å². The van der Waals surface area contributed by atoms with Crippen LogP contribution in [-0.2, 0) is 14.4 Å². The molecule has 0 saturated heterocycles. The topological polar surface area (TPSA) is 89.3 Å². The van der Waals surface area contributed by atoms with E-state index in [2.05, 4.69) is 20.5 Å². The molecule has 7 heteroatoms. The number of hydrogen-bond acceptors (Lipinski definition) is 6. The molecular formula is C19H31N3O4. The van der Waals surface area contributed by atoms with E-state index in [0.717, 1.165) is 22.7 Å². The lowest BCUT2D eigenvalue weighted by atomic mass is 10.1. The van der Waals surface area contributed by atoms with Crippen molar-refractivity contribution >= 4 is 23.1 Å².